The van der Waals surface area contributed by atoms with Gasteiger partial charge in [0.25, 0.3) is 0 Å². The van der Waals surface area contributed by atoms with Crippen molar-refractivity contribution in [3.05, 3.63) is 112 Å². The van der Waals surface area contributed by atoms with Crippen LogP contribution in [0.2, 0.25) is 0 Å². The monoisotopic (exact) mass is 605 g/mol. The molecule has 2 heterocycles. The van der Waals surface area contributed by atoms with E-state index >= 15 is 0 Å². The molecular weight excluding hydrogens is 559 g/mol. The minimum Gasteiger partial charge on any atom is -0.311 e. The summed E-state index contributed by atoms with van der Waals surface area (Å²) in [5.74, 6) is 0. The average Bonchev–Trinajstić information content (AvgIpc) is 3.60. The molecule has 0 amide bonds. The molecule has 0 radical (unpaired) electrons. The highest BCUT2D eigenvalue weighted by Gasteiger charge is 2.15. The predicted molar refractivity (Wildman–Crippen MR) is 193 cm³/mol. The van der Waals surface area contributed by atoms with E-state index in [0.29, 0.717) is 0 Å². The number of anilines is 3. The Bertz CT molecular complexity index is 1440. The van der Waals surface area contributed by atoms with Gasteiger partial charge in [0.1, 0.15) is 0 Å². The molecule has 0 fully saturated rings. The average molecular weight is 606 g/mol. The van der Waals surface area contributed by atoms with Crippen LogP contribution in [-0.4, -0.2) is 0 Å². The van der Waals surface area contributed by atoms with Crippen molar-refractivity contribution in [2.75, 3.05) is 4.90 Å². The molecule has 0 saturated carbocycles. The molecular formula is C40H47NS2. The molecule has 224 valence electrons. The predicted octanol–water partition coefficient (Wildman–Crippen LogP) is 13.5. The van der Waals surface area contributed by atoms with E-state index in [9.17, 15) is 0 Å². The van der Waals surface area contributed by atoms with Gasteiger partial charge in [-0.05, 0) is 110 Å². The normalized spacial score (nSPS) is 11.3. The van der Waals surface area contributed by atoms with Gasteiger partial charge in [-0.25, -0.2) is 0 Å². The van der Waals surface area contributed by atoms with Gasteiger partial charge < -0.3 is 4.90 Å². The minimum atomic E-state index is 1.17. The first-order chi connectivity index (χ1) is 21.1. The lowest BCUT2D eigenvalue weighted by Gasteiger charge is -2.25. The molecule has 0 aliphatic carbocycles. The van der Waals surface area contributed by atoms with Crippen molar-refractivity contribution < 1.29 is 0 Å². The summed E-state index contributed by atoms with van der Waals surface area (Å²) in [6.07, 6.45) is 12.9. The first-order valence-electron chi connectivity index (χ1n) is 16.3. The van der Waals surface area contributed by atoms with E-state index in [2.05, 4.69) is 124 Å². The van der Waals surface area contributed by atoms with Gasteiger partial charge in [0.2, 0.25) is 0 Å². The molecule has 0 unspecified atom stereocenters. The molecule has 43 heavy (non-hydrogen) atoms. The number of para-hydroxylation sites is 1. The van der Waals surface area contributed by atoms with Gasteiger partial charge in [-0.2, -0.15) is 0 Å². The van der Waals surface area contributed by atoms with Crippen LogP contribution in [-0.2, 0) is 12.8 Å². The number of unbranched alkanes of at least 4 members (excludes halogenated alkanes) is 6. The zero-order valence-corrected chi connectivity index (χ0v) is 28.1. The number of hydrogen-bond donors (Lipinski definition) is 0. The van der Waals surface area contributed by atoms with E-state index < -0.39 is 0 Å². The number of rotatable bonds is 15. The largest absolute Gasteiger partial charge is 0.311 e. The Morgan fingerprint density at radius 3 is 1.33 bits per heavy atom. The zero-order valence-electron chi connectivity index (χ0n) is 26.5. The van der Waals surface area contributed by atoms with Crippen molar-refractivity contribution >= 4 is 39.7 Å². The number of thiophene rings is 2. The fourth-order valence-corrected chi connectivity index (χ4v) is 8.03. The second-order valence-corrected chi connectivity index (χ2v) is 14.3. The maximum absolute atomic E-state index is 2.43. The molecule has 2 aromatic heterocycles. The summed E-state index contributed by atoms with van der Waals surface area (Å²) in [6, 6.07) is 33.9. The van der Waals surface area contributed by atoms with Crippen molar-refractivity contribution in [2.45, 2.75) is 91.9 Å². The second kappa shape index (κ2) is 15.5. The van der Waals surface area contributed by atoms with Crippen molar-refractivity contribution in [2.24, 2.45) is 0 Å². The lowest BCUT2D eigenvalue weighted by atomic mass is 10.0. The van der Waals surface area contributed by atoms with Crippen LogP contribution in [0.15, 0.2) is 91.0 Å². The van der Waals surface area contributed by atoms with Gasteiger partial charge in [0, 0.05) is 36.6 Å². The molecule has 5 aromatic rings. The van der Waals surface area contributed by atoms with Crippen LogP contribution < -0.4 is 4.90 Å². The number of hydrogen-bond acceptors (Lipinski definition) is 3. The van der Waals surface area contributed by atoms with Gasteiger partial charge in [-0.15, -0.1) is 22.7 Å². The van der Waals surface area contributed by atoms with Crippen molar-refractivity contribution in [3.63, 3.8) is 0 Å². The van der Waals surface area contributed by atoms with E-state index in [0.717, 1.165) is 0 Å². The molecule has 5 rings (SSSR count). The van der Waals surface area contributed by atoms with E-state index in [-0.39, 0.29) is 0 Å². The van der Waals surface area contributed by atoms with Crippen molar-refractivity contribution in [1.82, 2.24) is 0 Å². The van der Waals surface area contributed by atoms with Crippen LogP contribution >= 0.6 is 22.7 Å². The first kappa shape index (κ1) is 31.3. The maximum atomic E-state index is 2.43. The highest BCUT2D eigenvalue weighted by Crippen LogP contribution is 2.39. The van der Waals surface area contributed by atoms with Crippen LogP contribution in [0.1, 0.15) is 86.1 Å². The Morgan fingerprint density at radius 1 is 0.488 bits per heavy atom. The van der Waals surface area contributed by atoms with Gasteiger partial charge in [-0.1, -0.05) is 94.8 Å². The van der Waals surface area contributed by atoms with Crippen LogP contribution in [0.5, 0.6) is 0 Å². The molecule has 3 heteroatoms. The molecule has 0 aliphatic rings. The van der Waals surface area contributed by atoms with Crippen molar-refractivity contribution in [1.29, 1.82) is 0 Å². The minimum absolute atomic E-state index is 1.17. The van der Waals surface area contributed by atoms with E-state index in [4.69, 9.17) is 0 Å². The highest BCUT2D eigenvalue weighted by molar-refractivity contribution is 7.15. The molecule has 1 nitrogen and oxygen atoms in total. The molecule has 0 N–H and O–H groups in total. The number of aryl methyl sites for hydroxylation is 4. The Labute approximate surface area is 268 Å². The van der Waals surface area contributed by atoms with E-state index in [1.165, 1.54) is 123 Å². The zero-order chi connectivity index (χ0) is 30.0. The SMILES string of the molecule is CCCCCCc1cc(-c2ccc(N(c3ccccc3)c3ccc(-c4cc(CCCCCC)c(C)s4)cc3)cc2)sc1C. The van der Waals surface area contributed by atoms with Gasteiger partial charge in [0.15, 0.2) is 0 Å². The van der Waals surface area contributed by atoms with Gasteiger partial charge in [-0.3, -0.25) is 0 Å². The third-order valence-corrected chi connectivity index (χ3v) is 10.8. The smallest absolute Gasteiger partial charge is 0.0462 e. The summed E-state index contributed by atoms with van der Waals surface area (Å²) < 4.78 is 0. The van der Waals surface area contributed by atoms with Gasteiger partial charge >= 0.3 is 0 Å². The van der Waals surface area contributed by atoms with Crippen LogP contribution in [0.25, 0.3) is 20.9 Å². The van der Waals surface area contributed by atoms with Gasteiger partial charge in [0.05, 0.1) is 0 Å². The Kier molecular flexibility index (Phi) is 11.3. The summed E-state index contributed by atoms with van der Waals surface area (Å²) in [5, 5.41) is 0. The molecule has 0 saturated heterocycles. The molecule has 0 atom stereocenters. The number of nitrogens with zero attached hydrogens (tertiary/aromatic N) is 1. The van der Waals surface area contributed by atoms with E-state index in [1.807, 2.05) is 22.7 Å². The molecule has 3 aromatic carbocycles. The fraction of sp³-hybridized carbons (Fsp3) is 0.350. The summed E-state index contributed by atoms with van der Waals surface area (Å²) in [5.41, 5.74) is 9.18. The third-order valence-electron chi connectivity index (χ3n) is 8.47. The van der Waals surface area contributed by atoms with Crippen LogP contribution in [0.3, 0.4) is 0 Å². The number of benzene rings is 3. The lowest BCUT2D eigenvalue weighted by molar-refractivity contribution is 0.666. The van der Waals surface area contributed by atoms with Crippen LogP contribution in [0, 0.1) is 13.8 Å². The standard InChI is InChI=1S/C40H47NS2/c1-5-7-9-12-16-34-28-39(42-30(34)3)32-20-24-37(25-21-32)41(36-18-14-11-15-19-36)38-26-22-33(23-27-38)40-29-35(31(4)43-40)17-13-10-8-6-2/h11,14-15,18-29H,5-10,12-13,16-17H2,1-4H3. The third kappa shape index (κ3) is 8.08. The molecule has 0 bridgehead atoms. The maximum Gasteiger partial charge on any atom is 0.0462 e. The summed E-state index contributed by atoms with van der Waals surface area (Å²) >= 11 is 3.87. The molecule has 0 spiro atoms. The summed E-state index contributed by atoms with van der Waals surface area (Å²) in [4.78, 5) is 8.05. The van der Waals surface area contributed by atoms with Crippen LogP contribution in [0.4, 0.5) is 17.1 Å². The fourth-order valence-electron chi connectivity index (χ4n) is 5.88. The second-order valence-electron chi connectivity index (χ2n) is 11.8. The van der Waals surface area contributed by atoms with Crippen molar-refractivity contribution in [3.8, 4) is 20.9 Å². The lowest BCUT2D eigenvalue weighted by Crippen LogP contribution is -2.09. The summed E-state index contributed by atoms with van der Waals surface area (Å²) in [6.45, 7) is 9.13. The Morgan fingerprint density at radius 2 is 0.907 bits per heavy atom. The summed E-state index contributed by atoms with van der Waals surface area (Å²) in [7, 11) is 0. The Balaban J connectivity index is 1.36. The topological polar surface area (TPSA) is 3.24 Å². The highest BCUT2D eigenvalue weighted by atomic mass is 32.1. The Hall–Kier alpha value is -3.14. The van der Waals surface area contributed by atoms with E-state index in [1.54, 1.807) is 0 Å². The molecule has 0 aliphatic heterocycles. The first-order valence-corrected chi connectivity index (χ1v) is 17.9. The quantitative estimate of drug-likeness (QED) is 0.107.